The van der Waals surface area contributed by atoms with E-state index in [-0.39, 0.29) is 31.0 Å². The molecule has 134 valence electrons. The summed E-state index contributed by atoms with van der Waals surface area (Å²) >= 11 is 0. The minimum Gasteiger partial charge on any atom is -0.497 e. The van der Waals surface area contributed by atoms with Gasteiger partial charge < -0.3 is 10.1 Å². The summed E-state index contributed by atoms with van der Waals surface area (Å²) in [5.74, 6) is 0.553. The van der Waals surface area contributed by atoms with E-state index in [0.717, 1.165) is 17.7 Å². The lowest BCUT2D eigenvalue weighted by Gasteiger charge is -2.30. The number of nitrogens with two attached hydrogens (primary N) is 1. The van der Waals surface area contributed by atoms with Crippen molar-refractivity contribution >= 4 is 16.1 Å². The first-order valence-electron chi connectivity index (χ1n) is 8.07. The number of hydrogen-bond donors (Lipinski definition) is 2. The third-order valence-corrected chi connectivity index (χ3v) is 5.51. The van der Waals surface area contributed by atoms with E-state index in [0.29, 0.717) is 12.8 Å². The van der Waals surface area contributed by atoms with Crippen LogP contribution in [0.5, 0.6) is 5.75 Å². The molecule has 2 rings (SSSR count). The van der Waals surface area contributed by atoms with E-state index < -0.39 is 10.2 Å². The van der Waals surface area contributed by atoms with Crippen LogP contribution in [-0.4, -0.2) is 38.8 Å². The molecule has 1 aromatic rings. The summed E-state index contributed by atoms with van der Waals surface area (Å²) in [6.07, 6.45) is 1.75. The van der Waals surface area contributed by atoms with Gasteiger partial charge in [-0.05, 0) is 37.0 Å². The van der Waals surface area contributed by atoms with Crippen molar-refractivity contribution in [1.82, 2.24) is 9.62 Å². The van der Waals surface area contributed by atoms with E-state index >= 15 is 0 Å². The van der Waals surface area contributed by atoms with Gasteiger partial charge in [0.05, 0.1) is 13.2 Å². The number of rotatable bonds is 6. The van der Waals surface area contributed by atoms with Gasteiger partial charge in [0.2, 0.25) is 5.91 Å². The van der Waals surface area contributed by atoms with Crippen LogP contribution >= 0.6 is 0 Å². The van der Waals surface area contributed by atoms with Crippen LogP contribution < -0.4 is 15.2 Å². The van der Waals surface area contributed by atoms with Gasteiger partial charge in [0.15, 0.2) is 0 Å². The third-order valence-electron chi connectivity index (χ3n) is 4.43. The molecular formula is C16H25N3O4S. The van der Waals surface area contributed by atoms with Crippen molar-refractivity contribution in [2.24, 2.45) is 11.1 Å². The first kappa shape index (κ1) is 18.7. The Bertz CT molecular complexity index is 652. The number of methoxy groups -OCH3 is 1. The Morgan fingerprint density at radius 1 is 1.33 bits per heavy atom. The van der Waals surface area contributed by atoms with Crippen LogP contribution in [0.25, 0.3) is 0 Å². The second-order valence-electron chi connectivity index (χ2n) is 5.96. The van der Waals surface area contributed by atoms with E-state index in [9.17, 15) is 13.2 Å². The minimum atomic E-state index is -3.66. The monoisotopic (exact) mass is 355 g/mol. The van der Waals surface area contributed by atoms with Crippen molar-refractivity contribution < 1.29 is 17.9 Å². The molecule has 8 heteroatoms. The lowest BCUT2D eigenvalue weighted by Crippen LogP contribution is -2.45. The molecule has 7 nitrogen and oxygen atoms in total. The van der Waals surface area contributed by atoms with E-state index in [2.05, 4.69) is 5.32 Å². The molecule has 1 unspecified atom stereocenters. The van der Waals surface area contributed by atoms with E-state index in [1.807, 2.05) is 31.2 Å². The molecule has 1 aliphatic rings. The molecule has 3 N–H and O–H groups in total. The first-order chi connectivity index (χ1) is 11.3. The second kappa shape index (κ2) is 7.96. The Hall–Kier alpha value is -1.64. The summed E-state index contributed by atoms with van der Waals surface area (Å²) in [6.45, 7) is 2.59. The molecule has 1 aliphatic heterocycles. The van der Waals surface area contributed by atoms with Crippen LogP contribution in [0, 0.1) is 5.92 Å². The third kappa shape index (κ3) is 4.68. The predicted molar refractivity (Wildman–Crippen MR) is 91.6 cm³/mol. The smallest absolute Gasteiger partial charge is 0.276 e. The molecule has 0 spiro atoms. The highest BCUT2D eigenvalue weighted by Crippen LogP contribution is 2.23. The average Bonchev–Trinajstić information content (AvgIpc) is 2.59. The standard InChI is InChI=1S/C16H25N3O4S/c1-3-15(12-4-6-14(23-2)7-5-12)18-16(20)13-8-10-19(11-9-13)24(17,21)22/h4-7,13,15H,3,8-11H2,1-2H3,(H,18,20)(H2,17,21,22). The van der Waals surface area contributed by atoms with E-state index in [1.165, 1.54) is 4.31 Å². The van der Waals surface area contributed by atoms with Crippen LogP contribution in [-0.2, 0) is 15.0 Å². The normalized spacial score (nSPS) is 18.1. The van der Waals surface area contributed by atoms with Crippen LogP contribution in [0.4, 0.5) is 0 Å². The van der Waals surface area contributed by atoms with Crippen molar-refractivity contribution in [2.45, 2.75) is 32.2 Å². The van der Waals surface area contributed by atoms with Gasteiger partial charge in [0.25, 0.3) is 10.2 Å². The molecule has 0 radical (unpaired) electrons. The Morgan fingerprint density at radius 2 is 1.92 bits per heavy atom. The van der Waals surface area contributed by atoms with Gasteiger partial charge in [0, 0.05) is 19.0 Å². The summed E-state index contributed by atoms with van der Waals surface area (Å²) in [7, 11) is -2.05. The number of piperidine rings is 1. The zero-order valence-corrected chi connectivity index (χ0v) is 14.9. The van der Waals surface area contributed by atoms with Crippen LogP contribution in [0.3, 0.4) is 0 Å². The number of carbonyl (C=O) groups excluding carboxylic acids is 1. The first-order valence-corrected chi connectivity index (χ1v) is 9.57. The fourth-order valence-corrected chi connectivity index (χ4v) is 3.64. The molecule has 0 saturated carbocycles. The highest BCUT2D eigenvalue weighted by atomic mass is 32.2. The fourth-order valence-electron chi connectivity index (χ4n) is 2.92. The number of ether oxygens (including phenoxy) is 1. The number of hydrogen-bond acceptors (Lipinski definition) is 4. The topological polar surface area (TPSA) is 102 Å². The summed E-state index contributed by atoms with van der Waals surface area (Å²) < 4.78 is 29.0. The maximum absolute atomic E-state index is 12.5. The number of nitrogens with one attached hydrogen (secondary N) is 1. The van der Waals surface area contributed by atoms with E-state index in [4.69, 9.17) is 9.88 Å². The Kier molecular flexibility index (Phi) is 6.20. The maximum atomic E-state index is 12.5. The van der Waals surface area contributed by atoms with Crippen molar-refractivity contribution in [3.05, 3.63) is 29.8 Å². The quantitative estimate of drug-likeness (QED) is 0.800. The molecule has 0 aromatic heterocycles. The molecule has 1 heterocycles. The van der Waals surface area contributed by atoms with Crippen LogP contribution in [0.1, 0.15) is 37.8 Å². The zero-order valence-electron chi connectivity index (χ0n) is 14.1. The van der Waals surface area contributed by atoms with Crippen LogP contribution in [0.15, 0.2) is 24.3 Å². The maximum Gasteiger partial charge on any atom is 0.276 e. The largest absolute Gasteiger partial charge is 0.497 e. The highest BCUT2D eigenvalue weighted by Gasteiger charge is 2.30. The number of carbonyl (C=O) groups is 1. The minimum absolute atomic E-state index is 0.0354. The number of nitrogens with zero attached hydrogens (tertiary/aromatic N) is 1. The lowest BCUT2D eigenvalue weighted by molar-refractivity contribution is -0.126. The molecule has 1 fully saturated rings. The van der Waals surface area contributed by atoms with Crippen molar-refractivity contribution in [3.8, 4) is 5.75 Å². The number of amides is 1. The Labute approximate surface area is 143 Å². The van der Waals surface area contributed by atoms with Crippen molar-refractivity contribution in [2.75, 3.05) is 20.2 Å². The molecule has 0 bridgehead atoms. The summed E-state index contributed by atoms with van der Waals surface area (Å²) in [4.78, 5) is 12.5. The van der Waals surface area contributed by atoms with Gasteiger partial charge in [-0.1, -0.05) is 19.1 Å². The fraction of sp³-hybridized carbons (Fsp3) is 0.562. The van der Waals surface area contributed by atoms with Crippen molar-refractivity contribution in [3.63, 3.8) is 0 Å². The number of benzene rings is 1. The Morgan fingerprint density at radius 3 is 2.38 bits per heavy atom. The van der Waals surface area contributed by atoms with Gasteiger partial charge in [0.1, 0.15) is 5.75 Å². The summed E-state index contributed by atoms with van der Waals surface area (Å²) in [5.41, 5.74) is 1.02. The molecule has 24 heavy (non-hydrogen) atoms. The van der Waals surface area contributed by atoms with Gasteiger partial charge in [-0.15, -0.1) is 0 Å². The van der Waals surface area contributed by atoms with Gasteiger partial charge in [-0.3, -0.25) is 4.79 Å². The summed E-state index contributed by atoms with van der Waals surface area (Å²) in [6, 6.07) is 7.55. The molecular weight excluding hydrogens is 330 g/mol. The van der Waals surface area contributed by atoms with Crippen LogP contribution in [0.2, 0.25) is 0 Å². The average molecular weight is 355 g/mol. The van der Waals surface area contributed by atoms with E-state index in [1.54, 1.807) is 7.11 Å². The zero-order chi connectivity index (χ0) is 17.7. The molecule has 0 aliphatic carbocycles. The molecule has 1 atom stereocenters. The molecule has 1 amide bonds. The predicted octanol–water partition coefficient (Wildman–Crippen LogP) is 1.18. The van der Waals surface area contributed by atoms with Gasteiger partial charge in [-0.2, -0.15) is 12.7 Å². The highest BCUT2D eigenvalue weighted by molar-refractivity contribution is 7.86. The van der Waals surface area contributed by atoms with Crippen molar-refractivity contribution in [1.29, 1.82) is 0 Å². The SMILES string of the molecule is CCC(NC(=O)C1CCN(S(N)(=O)=O)CC1)c1ccc(OC)cc1. The lowest BCUT2D eigenvalue weighted by atomic mass is 9.95. The summed E-state index contributed by atoms with van der Waals surface area (Å²) in [5, 5.41) is 8.19. The van der Waals surface area contributed by atoms with Gasteiger partial charge in [-0.25, -0.2) is 5.14 Å². The second-order valence-corrected chi connectivity index (χ2v) is 7.51. The molecule has 1 aromatic carbocycles. The van der Waals surface area contributed by atoms with Gasteiger partial charge >= 0.3 is 0 Å². The Balaban J connectivity index is 1.95. The molecule has 1 saturated heterocycles.